The zero-order valence-corrected chi connectivity index (χ0v) is 11.4. The first-order valence-electron chi connectivity index (χ1n) is 7.02. The molecule has 0 bridgehead atoms. The van der Waals surface area contributed by atoms with E-state index in [2.05, 4.69) is 30.8 Å². The Morgan fingerprint density at radius 2 is 2.29 bits per heavy atom. The van der Waals surface area contributed by atoms with Gasteiger partial charge in [0.2, 0.25) is 0 Å². The molecule has 1 fully saturated rings. The van der Waals surface area contributed by atoms with E-state index in [1.54, 1.807) is 11.0 Å². The predicted octanol–water partition coefficient (Wildman–Crippen LogP) is 1.48. The van der Waals surface area contributed by atoms with Gasteiger partial charge >= 0.3 is 0 Å². The molecule has 4 rings (SSSR count). The Morgan fingerprint density at radius 3 is 3.10 bits per heavy atom. The van der Waals surface area contributed by atoms with Crippen LogP contribution >= 0.6 is 0 Å². The van der Waals surface area contributed by atoms with Crippen LogP contribution in [0, 0.1) is 0 Å². The van der Waals surface area contributed by atoms with Gasteiger partial charge in [0.1, 0.15) is 12.2 Å². The number of nitrogens with zero attached hydrogens (tertiary/aromatic N) is 5. The third-order valence-corrected chi connectivity index (χ3v) is 3.76. The van der Waals surface area contributed by atoms with E-state index in [9.17, 15) is 0 Å². The maximum Gasteiger partial charge on any atom is 0.143 e. The first kappa shape index (κ1) is 12.2. The highest BCUT2D eigenvalue weighted by atomic mass is 15.5. The van der Waals surface area contributed by atoms with Crippen molar-refractivity contribution in [3.05, 3.63) is 42.6 Å². The van der Waals surface area contributed by atoms with E-state index in [-0.39, 0.29) is 0 Å². The monoisotopic (exact) mass is 281 g/mol. The summed E-state index contributed by atoms with van der Waals surface area (Å²) in [6.45, 7) is 1.06. The molecule has 1 aliphatic rings. The summed E-state index contributed by atoms with van der Waals surface area (Å²) in [7, 11) is 0. The van der Waals surface area contributed by atoms with Gasteiger partial charge in [0.25, 0.3) is 0 Å². The Bertz CT molecular complexity index is 725. The molecule has 3 heterocycles. The molecule has 7 heteroatoms. The molecule has 7 nitrogen and oxygen atoms in total. The van der Waals surface area contributed by atoms with Crippen LogP contribution in [0.3, 0.4) is 0 Å². The Kier molecular flexibility index (Phi) is 2.97. The van der Waals surface area contributed by atoms with Crippen LogP contribution < -0.4 is 5.32 Å². The van der Waals surface area contributed by atoms with Gasteiger partial charge in [-0.05, 0) is 41.9 Å². The van der Waals surface area contributed by atoms with Crippen LogP contribution in [-0.2, 0) is 0 Å². The number of rotatable bonds is 3. The van der Waals surface area contributed by atoms with Gasteiger partial charge in [-0.25, -0.2) is 9.67 Å². The summed E-state index contributed by atoms with van der Waals surface area (Å²) in [6, 6.07) is 8.39. The molecule has 0 aliphatic carbocycles. The quantitative estimate of drug-likeness (QED) is 0.759. The Morgan fingerprint density at radius 1 is 1.29 bits per heavy atom. The normalized spacial score (nSPS) is 18.2. The summed E-state index contributed by atoms with van der Waals surface area (Å²) in [5.74, 6) is 1.01. The summed E-state index contributed by atoms with van der Waals surface area (Å²) in [6.07, 6.45) is 5.81. The number of hydrogen-bond acceptors (Lipinski definition) is 5. The predicted molar refractivity (Wildman–Crippen MR) is 76.7 cm³/mol. The third-order valence-electron chi connectivity index (χ3n) is 3.76. The molecule has 1 atom stereocenters. The van der Waals surface area contributed by atoms with Crippen molar-refractivity contribution in [1.29, 1.82) is 0 Å². The maximum absolute atomic E-state index is 4.50. The first-order valence-corrected chi connectivity index (χ1v) is 7.02. The largest absolute Gasteiger partial charge is 0.341 e. The first-order chi connectivity index (χ1) is 10.4. The molecule has 3 aromatic rings. The second kappa shape index (κ2) is 5.10. The lowest BCUT2D eigenvalue weighted by atomic mass is 10.1. The highest BCUT2D eigenvalue weighted by Gasteiger charge is 2.19. The van der Waals surface area contributed by atoms with Crippen LogP contribution in [-0.4, -0.2) is 36.7 Å². The number of aromatic nitrogens is 6. The standard InChI is InChI=1S/C14H15N7/c1-3-10(7-11(4-1)21-9-17-19-20-21)13-8-16-14(18-13)12-5-2-6-15-12/h1,3-4,7-9,12,15H,2,5-6H2,(H,16,18). The van der Waals surface area contributed by atoms with Crippen LogP contribution in [0.15, 0.2) is 36.8 Å². The highest BCUT2D eigenvalue weighted by Crippen LogP contribution is 2.25. The van der Waals surface area contributed by atoms with E-state index in [0.29, 0.717) is 6.04 Å². The lowest BCUT2D eigenvalue weighted by Gasteiger charge is -2.06. The molecule has 2 N–H and O–H groups in total. The maximum atomic E-state index is 4.50. The van der Waals surface area contributed by atoms with Crippen LogP contribution in [0.4, 0.5) is 0 Å². The molecule has 21 heavy (non-hydrogen) atoms. The molecule has 0 spiro atoms. The van der Waals surface area contributed by atoms with E-state index >= 15 is 0 Å². The topological polar surface area (TPSA) is 84.3 Å². The number of hydrogen-bond donors (Lipinski definition) is 2. The number of benzene rings is 1. The molecular formula is C14H15N7. The minimum atomic E-state index is 0.349. The van der Waals surface area contributed by atoms with Crippen molar-refractivity contribution < 1.29 is 0 Å². The van der Waals surface area contributed by atoms with Gasteiger partial charge in [-0.1, -0.05) is 12.1 Å². The number of H-pyrrole nitrogens is 1. The van der Waals surface area contributed by atoms with Crippen LogP contribution in [0.1, 0.15) is 24.7 Å². The molecule has 2 aromatic heterocycles. The van der Waals surface area contributed by atoms with E-state index in [4.69, 9.17) is 0 Å². The molecule has 0 amide bonds. The van der Waals surface area contributed by atoms with Crippen LogP contribution in [0.25, 0.3) is 16.9 Å². The van der Waals surface area contributed by atoms with Gasteiger partial charge in [-0.15, -0.1) is 5.10 Å². The number of imidazole rings is 1. The summed E-state index contributed by atoms with van der Waals surface area (Å²) in [5.41, 5.74) is 3.00. The smallest absolute Gasteiger partial charge is 0.143 e. The molecule has 1 aromatic carbocycles. The zero-order chi connectivity index (χ0) is 14.1. The fourth-order valence-corrected chi connectivity index (χ4v) is 2.67. The Hall–Kier alpha value is -2.54. The van der Waals surface area contributed by atoms with Crippen molar-refractivity contribution in [2.75, 3.05) is 6.54 Å². The van der Waals surface area contributed by atoms with E-state index < -0.39 is 0 Å². The number of aromatic amines is 1. The number of nitrogens with one attached hydrogen (secondary N) is 2. The summed E-state index contributed by atoms with van der Waals surface area (Å²) < 4.78 is 1.64. The minimum Gasteiger partial charge on any atom is -0.341 e. The van der Waals surface area contributed by atoms with Crippen LogP contribution in [0.2, 0.25) is 0 Å². The molecule has 1 saturated heterocycles. The third kappa shape index (κ3) is 2.31. The van der Waals surface area contributed by atoms with Crippen molar-refractivity contribution >= 4 is 0 Å². The van der Waals surface area contributed by atoms with E-state index in [1.165, 1.54) is 6.42 Å². The zero-order valence-electron chi connectivity index (χ0n) is 11.4. The van der Waals surface area contributed by atoms with Gasteiger partial charge in [-0.2, -0.15) is 0 Å². The fourth-order valence-electron chi connectivity index (χ4n) is 2.67. The average molecular weight is 281 g/mol. The average Bonchev–Trinajstić information content (AvgIpc) is 3.26. The van der Waals surface area contributed by atoms with E-state index in [0.717, 1.165) is 35.7 Å². The molecule has 106 valence electrons. The van der Waals surface area contributed by atoms with Crippen LogP contribution in [0.5, 0.6) is 0 Å². The lowest BCUT2D eigenvalue weighted by molar-refractivity contribution is 0.613. The van der Waals surface area contributed by atoms with Gasteiger partial charge in [-0.3, -0.25) is 0 Å². The van der Waals surface area contributed by atoms with Gasteiger partial charge < -0.3 is 10.3 Å². The van der Waals surface area contributed by atoms with Crippen molar-refractivity contribution in [1.82, 2.24) is 35.5 Å². The summed E-state index contributed by atoms with van der Waals surface area (Å²) in [5, 5.41) is 14.7. The van der Waals surface area contributed by atoms with Gasteiger partial charge in [0.15, 0.2) is 0 Å². The Labute approximate surface area is 121 Å². The molecule has 0 radical (unpaired) electrons. The lowest BCUT2D eigenvalue weighted by Crippen LogP contribution is -2.14. The summed E-state index contributed by atoms with van der Waals surface area (Å²) in [4.78, 5) is 7.91. The summed E-state index contributed by atoms with van der Waals surface area (Å²) >= 11 is 0. The van der Waals surface area contributed by atoms with Crippen molar-refractivity contribution in [3.8, 4) is 16.9 Å². The molecule has 0 saturated carbocycles. The van der Waals surface area contributed by atoms with Crippen molar-refractivity contribution in [3.63, 3.8) is 0 Å². The van der Waals surface area contributed by atoms with Crippen molar-refractivity contribution in [2.45, 2.75) is 18.9 Å². The van der Waals surface area contributed by atoms with Gasteiger partial charge in [0.05, 0.1) is 23.6 Å². The Balaban J connectivity index is 1.65. The van der Waals surface area contributed by atoms with E-state index in [1.807, 2.05) is 30.5 Å². The number of tetrazole rings is 1. The van der Waals surface area contributed by atoms with Gasteiger partial charge in [0, 0.05) is 5.56 Å². The molecule has 1 aliphatic heterocycles. The fraction of sp³-hybridized carbons (Fsp3) is 0.286. The minimum absolute atomic E-state index is 0.349. The second-order valence-corrected chi connectivity index (χ2v) is 5.14. The second-order valence-electron chi connectivity index (χ2n) is 5.14. The van der Waals surface area contributed by atoms with Crippen molar-refractivity contribution in [2.24, 2.45) is 0 Å². The molecular weight excluding hydrogens is 266 g/mol. The molecule has 1 unspecified atom stereocenters. The highest BCUT2D eigenvalue weighted by molar-refractivity contribution is 5.61. The SMILES string of the molecule is c1cc(-c2cnc(C3CCCN3)[nH]2)cc(-n2cnnn2)c1.